The fourth-order valence-electron chi connectivity index (χ4n) is 5.85. The van der Waals surface area contributed by atoms with Gasteiger partial charge in [0.25, 0.3) is 0 Å². The Morgan fingerprint density at radius 2 is 1.70 bits per heavy atom. The highest BCUT2D eigenvalue weighted by Gasteiger charge is 2.28. The van der Waals surface area contributed by atoms with E-state index in [2.05, 4.69) is 22.0 Å². The van der Waals surface area contributed by atoms with Crippen molar-refractivity contribution in [1.82, 2.24) is 15.1 Å². The Balaban J connectivity index is 1.34. The molecule has 0 aromatic heterocycles. The molecule has 2 aliphatic rings. The number of ether oxygens (including phenoxy) is 1. The summed E-state index contributed by atoms with van der Waals surface area (Å²) in [6.07, 6.45) is 7.34. The van der Waals surface area contributed by atoms with Crippen LogP contribution in [0.2, 0.25) is 0 Å². The molecule has 0 spiro atoms. The lowest BCUT2D eigenvalue weighted by molar-refractivity contribution is -0.121. The maximum Gasteiger partial charge on any atom is 0.234 e. The van der Waals surface area contributed by atoms with Crippen LogP contribution >= 0.6 is 0 Å². The van der Waals surface area contributed by atoms with E-state index >= 15 is 0 Å². The lowest BCUT2D eigenvalue weighted by atomic mass is 9.93. The van der Waals surface area contributed by atoms with Crippen molar-refractivity contribution in [2.75, 3.05) is 39.3 Å². The summed E-state index contributed by atoms with van der Waals surface area (Å²) in [6, 6.07) is 14.9. The van der Waals surface area contributed by atoms with Crippen LogP contribution < -0.4 is 15.8 Å². The van der Waals surface area contributed by atoms with Gasteiger partial charge in [0.1, 0.15) is 5.75 Å². The predicted octanol–water partition coefficient (Wildman–Crippen LogP) is 4.15. The minimum Gasteiger partial charge on any atom is -0.493 e. The monoisotopic (exact) mass is 570 g/mol. The van der Waals surface area contributed by atoms with E-state index in [0.717, 1.165) is 37.8 Å². The molecule has 220 valence electrons. The highest BCUT2D eigenvalue weighted by Crippen LogP contribution is 2.29. The van der Waals surface area contributed by atoms with Crippen molar-refractivity contribution in [3.8, 4) is 5.75 Å². The van der Waals surface area contributed by atoms with E-state index in [1.54, 1.807) is 36.4 Å². The molecule has 1 saturated heterocycles. The van der Waals surface area contributed by atoms with Crippen LogP contribution in [0.1, 0.15) is 70.9 Å². The van der Waals surface area contributed by atoms with Crippen molar-refractivity contribution in [2.45, 2.75) is 86.7 Å². The molecule has 1 heterocycles. The first kappa shape index (κ1) is 30.5. The third kappa shape index (κ3) is 7.84. The molecular formula is C31H46N4O4S. The highest BCUT2D eigenvalue weighted by molar-refractivity contribution is 7.91. The average molecular weight is 571 g/mol. The van der Waals surface area contributed by atoms with Gasteiger partial charge >= 0.3 is 0 Å². The third-order valence-corrected chi connectivity index (χ3v) is 10.2. The molecule has 0 bridgehead atoms. The van der Waals surface area contributed by atoms with Gasteiger partial charge < -0.3 is 15.8 Å². The molecule has 0 radical (unpaired) electrons. The summed E-state index contributed by atoms with van der Waals surface area (Å²) >= 11 is 0. The quantitative estimate of drug-likeness (QED) is 0.418. The number of amides is 1. The average Bonchev–Trinajstić information content (AvgIpc) is 2.97. The molecule has 9 heteroatoms. The van der Waals surface area contributed by atoms with E-state index in [9.17, 15) is 13.2 Å². The van der Waals surface area contributed by atoms with E-state index in [1.807, 2.05) is 26.0 Å². The molecule has 2 fully saturated rings. The molecule has 1 atom stereocenters. The topological polar surface area (TPSA) is 105 Å². The molecule has 1 saturated carbocycles. The number of carbonyl (C=O) groups is 1. The Kier molecular flexibility index (Phi) is 10.3. The van der Waals surface area contributed by atoms with Gasteiger partial charge in [0.2, 0.25) is 15.7 Å². The molecule has 40 heavy (non-hydrogen) atoms. The van der Waals surface area contributed by atoms with Crippen LogP contribution in [0.3, 0.4) is 0 Å². The van der Waals surface area contributed by atoms with E-state index < -0.39 is 15.4 Å². The Morgan fingerprint density at radius 3 is 2.35 bits per heavy atom. The van der Waals surface area contributed by atoms with Crippen molar-refractivity contribution in [1.29, 1.82) is 0 Å². The van der Waals surface area contributed by atoms with Crippen molar-refractivity contribution >= 4 is 15.7 Å². The molecule has 2 aromatic carbocycles. The van der Waals surface area contributed by atoms with Crippen LogP contribution in [0.5, 0.6) is 5.75 Å². The fraction of sp³-hybridized carbons (Fsp3) is 0.581. The maximum atomic E-state index is 13.4. The Labute approximate surface area is 240 Å². The first-order valence-corrected chi connectivity index (χ1v) is 16.1. The number of carbonyl (C=O) groups excluding carboxylic acids is 1. The first-order chi connectivity index (χ1) is 19.1. The minimum atomic E-state index is -3.69. The summed E-state index contributed by atoms with van der Waals surface area (Å²) in [5, 5.41) is 2.85. The number of hydrogen-bond donors (Lipinski definition) is 2. The number of benzene rings is 2. The molecule has 2 aromatic rings. The van der Waals surface area contributed by atoms with Crippen LogP contribution in [-0.4, -0.2) is 75.0 Å². The molecule has 4 rings (SSSR count). The van der Waals surface area contributed by atoms with Gasteiger partial charge in [-0.2, -0.15) is 0 Å². The van der Waals surface area contributed by atoms with E-state index in [0.29, 0.717) is 18.8 Å². The minimum absolute atomic E-state index is 0.0680. The van der Waals surface area contributed by atoms with E-state index in [4.69, 9.17) is 10.5 Å². The van der Waals surface area contributed by atoms with Crippen LogP contribution in [0.4, 0.5) is 0 Å². The first-order valence-electron chi connectivity index (χ1n) is 14.7. The second kappa shape index (κ2) is 13.5. The van der Waals surface area contributed by atoms with Gasteiger partial charge in [-0.3, -0.25) is 14.6 Å². The summed E-state index contributed by atoms with van der Waals surface area (Å²) in [5.41, 5.74) is 6.03. The molecule has 1 amide bonds. The largest absolute Gasteiger partial charge is 0.493 e. The highest BCUT2D eigenvalue weighted by atomic mass is 32.2. The normalized spacial score (nSPS) is 18.8. The lowest BCUT2D eigenvalue weighted by Gasteiger charge is -2.42. The number of piperazine rings is 1. The van der Waals surface area contributed by atoms with E-state index in [-0.39, 0.29) is 28.3 Å². The van der Waals surface area contributed by atoms with Crippen LogP contribution in [0.25, 0.3) is 0 Å². The van der Waals surface area contributed by atoms with Gasteiger partial charge in [0.15, 0.2) is 0 Å². The standard InChI is InChI=1S/C31H46N4O4S/c1-24(34-17-19-35(20-18-34)26-8-5-4-6-9-26)25-12-14-28(15-13-25)40(37,38)29-11-7-10-27(22-29)39-21-16-31(2,3)33-30(36)23-32/h7,10-15,22,24,26H,4-6,8-9,16-21,23,32H2,1-3H3,(H,33,36)/t24-/m0/s1. The van der Waals surface area contributed by atoms with E-state index in [1.165, 1.54) is 32.1 Å². The third-order valence-electron chi connectivity index (χ3n) is 8.44. The fourth-order valence-corrected chi connectivity index (χ4v) is 7.15. The van der Waals surface area contributed by atoms with Crippen molar-refractivity contribution in [3.63, 3.8) is 0 Å². The summed E-state index contributed by atoms with van der Waals surface area (Å²) in [5.74, 6) is 0.246. The van der Waals surface area contributed by atoms with Crippen molar-refractivity contribution in [3.05, 3.63) is 54.1 Å². The molecule has 1 aliphatic carbocycles. The Hall–Kier alpha value is -2.46. The number of nitrogens with one attached hydrogen (secondary N) is 1. The molecule has 3 N–H and O–H groups in total. The van der Waals surface area contributed by atoms with Crippen LogP contribution in [0.15, 0.2) is 58.3 Å². The summed E-state index contributed by atoms with van der Waals surface area (Å²) in [4.78, 5) is 17.3. The lowest BCUT2D eigenvalue weighted by Crippen LogP contribution is -2.51. The SMILES string of the molecule is C[C@@H](c1ccc(S(=O)(=O)c2cccc(OCCC(C)(C)NC(=O)CN)c2)cc1)N1CCN(C2CCCCC2)CC1. The van der Waals surface area contributed by atoms with Crippen LogP contribution in [-0.2, 0) is 14.6 Å². The number of sulfone groups is 1. The van der Waals surface area contributed by atoms with Crippen LogP contribution in [0, 0.1) is 0 Å². The van der Waals surface area contributed by atoms with Gasteiger partial charge in [-0.25, -0.2) is 8.42 Å². The zero-order valence-electron chi connectivity index (χ0n) is 24.3. The number of hydrogen-bond acceptors (Lipinski definition) is 7. The van der Waals surface area contributed by atoms with Crippen molar-refractivity contribution in [2.24, 2.45) is 5.73 Å². The molecule has 8 nitrogen and oxygen atoms in total. The van der Waals surface area contributed by atoms with Gasteiger partial charge in [0, 0.05) is 50.2 Å². The molecular weight excluding hydrogens is 524 g/mol. The van der Waals surface area contributed by atoms with Gasteiger partial charge in [0.05, 0.1) is 22.9 Å². The smallest absolute Gasteiger partial charge is 0.234 e. The number of nitrogens with zero attached hydrogens (tertiary/aromatic N) is 2. The molecule has 0 unspecified atom stereocenters. The van der Waals surface area contributed by atoms with Gasteiger partial charge in [-0.15, -0.1) is 0 Å². The number of nitrogens with two attached hydrogens (primary N) is 1. The van der Waals surface area contributed by atoms with Gasteiger partial charge in [-0.05, 0) is 69.5 Å². The summed E-state index contributed by atoms with van der Waals surface area (Å²) < 4.78 is 32.7. The molecule has 1 aliphatic heterocycles. The Morgan fingerprint density at radius 1 is 1.02 bits per heavy atom. The maximum absolute atomic E-state index is 13.4. The summed E-state index contributed by atoms with van der Waals surface area (Å²) in [7, 11) is -3.69. The predicted molar refractivity (Wildman–Crippen MR) is 158 cm³/mol. The summed E-state index contributed by atoms with van der Waals surface area (Å²) in [6.45, 7) is 10.6. The second-order valence-corrected chi connectivity index (χ2v) is 13.8. The Bertz CT molecular complexity index is 1220. The van der Waals surface area contributed by atoms with Gasteiger partial charge in [-0.1, -0.05) is 37.5 Å². The zero-order chi connectivity index (χ0) is 28.8. The second-order valence-electron chi connectivity index (χ2n) is 11.8. The zero-order valence-corrected chi connectivity index (χ0v) is 25.1. The number of rotatable bonds is 11. The van der Waals surface area contributed by atoms with Crippen molar-refractivity contribution < 1.29 is 17.9 Å².